The third kappa shape index (κ3) is 6.46. The van der Waals surface area contributed by atoms with Crippen LogP contribution in [0.1, 0.15) is 91.0 Å². The lowest BCUT2D eigenvalue weighted by atomic mass is 9.93. The quantitative estimate of drug-likeness (QED) is 0.189. The van der Waals surface area contributed by atoms with Gasteiger partial charge in [-0.05, 0) is 125 Å². The first kappa shape index (κ1) is 33.7. The molecule has 2 fully saturated rings. The molecule has 2 amide bonds. The van der Waals surface area contributed by atoms with Gasteiger partial charge in [-0.25, -0.2) is 19.6 Å². The van der Waals surface area contributed by atoms with E-state index in [4.69, 9.17) is 19.4 Å². The number of aromatic nitrogens is 4. The van der Waals surface area contributed by atoms with Crippen LogP contribution in [0.2, 0.25) is 0 Å². The number of hydrogen-bond donors (Lipinski definition) is 2. The molecule has 2 aliphatic heterocycles. The fourth-order valence-electron chi connectivity index (χ4n) is 7.70. The van der Waals surface area contributed by atoms with Gasteiger partial charge in [-0.2, -0.15) is 0 Å². The number of carbonyl (C=O) groups is 2. The van der Waals surface area contributed by atoms with Crippen molar-refractivity contribution in [2.45, 2.75) is 90.5 Å². The standard InChI is InChI=1S/C42H46N6O4/c1-41(2,3)51-39(49)47-21-9-15-35(47)37-43-31-19-17-25(23-33(31)45-37)27-11-7-14-30-28(12-8-13-29(27)30)26-18-20-32-34(24-26)46-38(44-32)36-16-10-22-48(36)40(50)52-42(4,5)6/h7-8,11-14,17-20,23-24,35-36H,9-10,15-16,21-22H2,1-6H3,(H,43,45)(H,44,46). The third-order valence-corrected chi connectivity index (χ3v) is 9.94. The number of H-pyrrole nitrogens is 2. The van der Waals surface area contributed by atoms with E-state index in [1.54, 1.807) is 9.80 Å². The third-order valence-electron chi connectivity index (χ3n) is 9.94. The summed E-state index contributed by atoms with van der Waals surface area (Å²) in [6.45, 7) is 12.7. The Labute approximate surface area is 303 Å². The number of likely N-dealkylation sites (tertiary alicyclic amines) is 2. The van der Waals surface area contributed by atoms with Crippen LogP contribution in [-0.2, 0) is 9.47 Å². The van der Waals surface area contributed by atoms with Gasteiger partial charge < -0.3 is 19.4 Å². The number of amides is 2. The molecule has 2 aliphatic rings. The maximum atomic E-state index is 13.0. The van der Waals surface area contributed by atoms with Crippen molar-refractivity contribution in [3.8, 4) is 22.3 Å². The summed E-state index contributed by atoms with van der Waals surface area (Å²) in [4.78, 5) is 46.5. The van der Waals surface area contributed by atoms with Crippen LogP contribution in [0.15, 0.2) is 72.8 Å². The summed E-state index contributed by atoms with van der Waals surface area (Å²) in [5, 5.41) is 2.30. The molecule has 52 heavy (non-hydrogen) atoms. The Bertz CT molecular complexity index is 2160. The molecular weight excluding hydrogens is 652 g/mol. The summed E-state index contributed by atoms with van der Waals surface area (Å²) in [5.41, 5.74) is 6.93. The van der Waals surface area contributed by atoms with E-state index in [2.05, 4.69) is 82.8 Å². The normalized spacial score (nSPS) is 18.2. The van der Waals surface area contributed by atoms with Crippen molar-refractivity contribution in [1.82, 2.24) is 29.7 Å². The number of imidazole rings is 2. The molecule has 10 heteroatoms. The smallest absolute Gasteiger partial charge is 0.410 e. The molecule has 2 aromatic heterocycles. The molecule has 2 atom stereocenters. The summed E-state index contributed by atoms with van der Waals surface area (Å²) >= 11 is 0. The highest BCUT2D eigenvalue weighted by molar-refractivity contribution is 6.05. The van der Waals surface area contributed by atoms with Crippen molar-refractivity contribution in [3.63, 3.8) is 0 Å². The highest BCUT2D eigenvalue weighted by Crippen LogP contribution is 2.39. The zero-order valence-corrected chi connectivity index (χ0v) is 30.7. The average molecular weight is 699 g/mol. The molecule has 4 aromatic carbocycles. The number of aromatic amines is 2. The zero-order valence-electron chi connectivity index (χ0n) is 30.7. The van der Waals surface area contributed by atoms with E-state index >= 15 is 0 Å². The first-order chi connectivity index (χ1) is 24.8. The molecule has 6 aromatic rings. The fraction of sp³-hybridized carbons (Fsp3) is 0.381. The lowest BCUT2D eigenvalue weighted by Crippen LogP contribution is -2.36. The molecule has 2 saturated heterocycles. The van der Waals surface area contributed by atoms with Crippen molar-refractivity contribution in [2.24, 2.45) is 0 Å². The van der Waals surface area contributed by atoms with Crippen LogP contribution in [0.4, 0.5) is 9.59 Å². The molecule has 268 valence electrons. The minimum atomic E-state index is -0.553. The lowest BCUT2D eigenvalue weighted by Gasteiger charge is -2.27. The van der Waals surface area contributed by atoms with Gasteiger partial charge in [-0.3, -0.25) is 9.80 Å². The molecule has 10 nitrogen and oxygen atoms in total. The lowest BCUT2D eigenvalue weighted by molar-refractivity contribution is 0.0208. The molecule has 0 saturated carbocycles. The molecule has 0 spiro atoms. The average Bonchev–Trinajstić information content (AvgIpc) is 3.90. The number of carbonyl (C=O) groups excluding carboxylic acids is 2. The molecule has 4 heterocycles. The fourth-order valence-corrected chi connectivity index (χ4v) is 7.70. The number of benzene rings is 4. The minimum absolute atomic E-state index is 0.142. The molecule has 0 radical (unpaired) electrons. The van der Waals surface area contributed by atoms with Crippen LogP contribution < -0.4 is 0 Å². The summed E-state index contributed by atoms with van der Waals surface area (Å²) in [6.07, 6.45) is 2.91. The first-order valence-corrected chi connectivity index (χ1v) is 18.3. The predicted octanol–water partition coefficient (Wildman–Crippen LogP) is 10.1. The topological polar surface area (TPSA) is 116 Å². The van der Waals surface area contributed by atoms with E-state index in [0.717, 1.165) is 92.4 Å². The summed E-state index contributed by atoms with van der Waals surface area (Å²) in [6, 6.07) is 25.3. The summed E-state index contributed by atoms with van der Waals surface area (Å²) in [7, 11) is 0. The Morgan fingerprint density at radius 3 is 1.46 bits per heavy atom. The van der Waals surface area contributed by atoms with Crippen molar-refractivity contribution in [3.05, 3.63) is 84.4 Å². The van der Waals surface area contributed by atoms with Crippen LogP contribution in [0.3, 0.4) is 0 Å². The number of ether oxygens (including phenoxy) is 2. The van der Waals surface area contributed by atoms with Gasteiger partial charge >= 0.3 is 12.2 Å². The second-order valence-corrected chi connectivity index (χ2v) is 16.1. The number of rotatable bonds is 4. The van der Waals surface area contributed by atoms with Gasteiger partial charge in [0.05, 0.1) is 34.2 Å². The Hall–Kier alpha value is -5.38. The molecule has 0 aliphatic carbocycles. The van der Waals surface area contributed by atoms with Gasteiger partial charge in [0, 0.05) is 13.1 Å². The number of nitrogens with zero attached hydrogens (tertiary/aromatic N) is 4. The highest BCUT2D eigenvalue weighted by Gasteiger charge is 2.36. The zero-order chi connectivity index (χ0) is 36.4. The van der Waals surface area contributed by atoms with Crippen LogP contribution in [0.5, 0.6) is 0 Å². The largest absolute Gasteiger partial charge is 0.444 e. The minimum Gasteiger partial charge on any atom is -0.444 e. The van der Waals surface area contributed by atoms with Crippen LogP contribution in [0.25, 0.3) is 55.1 Å². The number of hydrogen-bond acceptors (Lipinski definition) is 6. The van der Waals surface area contributed by atoms with Crippen LogP contribution in [-0.4, -0.2) is 66.2 Å². The summed E-state index contributed by atoms with van der Waals surface area (Å²) in [5.74, 6) is 1.58. The van der Waals surface area contributed by atoms with E-state index in [1.165, 1.54) is 0 Å². The first-order valence-electron chi connectivity index (χ1n) is 18.3. The maximum Gasteiger partial charge on any atom is 0.410 e. The summed E-state index contributed by atoms with van der Waals surface area (Å²) < 4.78 is 11.4. The monoisotopic (exact) mass is 698 g/mol. The Morgan fingerprint density at radius 2 is 1.06 bits per heavy atom. The molecule has 0 bridgehead atoms. The van der Waals surface area contributed by atoms with Gasteiger partial charge in [0.15, 0.2) is 0 Å². The second kappa shape index (κ2) is 12.7. The van der Waals surface area contributed by atoms with Gasteiger partial charge in [0.25, 0.3) is 0 Å². The van der Waals surface area contributed by atoms with Crippen LogP contribution >= 0.6 is 0 Å². The van der Waals surface area contributed by atoms with Crippen LogP contribution in [0, 0.1) is 0 Å². The molecule has 8 rings (SSSR count). The van der Waals surface area contributed by atoms with Crippen molar-refractivity contribution >= 4 is 45.0 Å². The SMILES string of the molecule is CC(C)(C)OC(=O)N1CCCC1c1nc2ccc(-c3cccc4c(-c5ccc6nc(C7CCCN7C(=O)OC(C)(C)C)[nH]c6c5)cccc34)cc2[nH]1. The predicted molar refractivity (Wildman–Crippen MR) is 204 cm³/mol. The van der Waals surface area contributed by atoms with E-state index in [-0.39, 0.29) is 24.3 Å². The van der Waals surface area contributed by atoms with Gasteiger partial charge in [-0.15, -0.1) is 0 Å². The maximum absolute atomic E-state index is 13.0. The Morgan fingerprint density at radius 1 is 0.635 bits per heavy atom. The van der Waals surface area contributed by atoms with E-state index in [9.17, 15) is 9.59 Å². The second-order valence-electron chi connectivity index (χ2n) is 16.1. The number of nitrogens with one attached hydrogen (secondary N) is 2. The van der Waals surface area contributed by atoms with Crippen molar-refractivity contribution in [1.29, 1.82) is 0 Å². The molecule has 2 N–H and O–H groups in total. The number of fused-ring (bicyclic) bond motifs is 3. The van der Waals surface area contributed by atoms with Gasteiger partial charge in [0.1, 0.15) is 22.9 Å². The van der Waals surface area contributed by atoms with E-state index in [0.29, 0.717) is 13.1 Å². The van der Waals surface area contributed by atoms with Gasteiger partial charge in [-0.1, -0.05) is 48.5 Å². The van der Waals surface area contributed by atoms with Crippen molar-refractivity contribution in [2.75, 3.05) is 13.1 Å². The van der Waals surface area contributed by atoms with Gasteiger partial charge in [0.2, 0.25) is 0 Å². The van der Waals surface area contributed by atoms with E-state index in [1.807, 2.05) is 41.5 Å². The van der Waals surface area contributed by atoms with Crippen molar-refractivity contribution < 1.29 is 19.1 Å². The highest BCUT2D eigenvalue weighted by atomic mass is 16.6. The Kier molecular flexibility index (Phi) is 8.23. The Balaban J connectivity index is 1.09. The molecular formula is C42H46N6O4. The van der Waals surface area contributed by atoms with E-state index < -0.39 is 11.2 Å². The molecule has 2 unspecified atom stereocenters.